The normalized spacial score (nSPS) is 19.4. The van der Waals surface area contributed by atoms with E-state index in [1.807, 2.05) is 42.5 Å². The summed E-state index contributed by atoms with van der Waals surface area (Å²) in [5.41, 5.74) is 2.10. The van der Waals surface area contributed by atoms with E-state index in [1.165, 1.54) is 0 Å². The van der Waals surface area contributed by atoms with Crippen molar-refractivity contribution in [1.82, 2.24) is 5.32 Å². The van der Waals surface area contributed by atoms with Crippen molar-refractivity contribution in [2.24, 2.45) is 0 Å². The Morgan fingerprint density at radius 1 is 1.14 bits per heavy atom. The van der Waals surface area contributed by atoms with E-state index in [9.17, 15) is 4.79 Å². The monoisotopic (exact) mass is 333 g/mol. The standard InChI is InChI=1S/C17H16ClNO2S/c18-11-5-6-17-13(7-11)15(9-22)14(8-19-10-20)12-3-1-2-4-16(12)21-17/h1-7,10,14-15,22H,8-9H2,(H,19,20)/t14-,15-/m1/s1. The fraction of sp³-hybridized carbons (Fsp3) is 0.235. The van der Waals surface area contributed by atoms with Gasteiger partial charge >= 0.3 is 0 Å². The molecule has 0 saturated carbocycles. The minimum atomic E-state index is 0.0821. The molecule has 0 bridgehead atoms. The number of carbonyl (C=O) groups is 1. The molecule has 1 N–H and O–H groups in total. The Kier molecular flexibility index (Phi) is 4.60. The Hall–Kier alpha value is -1.65. The predicted molar refractivity (Wildman–Crippen MR) is 91.4 cm³/mol. The topological polar surface area (TPSA) is 38.3 Å². The van der Waals surface area contributed by atoms with Crippen LogP contribution in [0.25, 0.3) is 0 Å². The van der Waals surface area contributed by atoms with E-state index in [0.29, 0.717) is 17.3 Å². The molecule has 3 nitrogen and oxygen atoms in total. The number of rotatable bonds is 4. The van der Waals surface area contributed by atoms with Crippen LogP contribution in [0.4, 0.5) is 0 Å². The van der Waals surface area contributed by atoms with E-state index >= 15 is 0 Å². The van der Waals surface area contributed by atoms with E-state index in [2.05, 4.69) is 17.9 Å². The predicted octanol–water partition coefficient (Wildman–Crippen LogP) is 3.99. The van der Waals surface area contributed by atoms with Crippen LogP contribution >= 0.6 is 24.2 Å². The van der Waals surface area contributed by atoms with Gasteiger partial charge in [-0.25, -0.2) is 0 Å². The molecular weight excluding hydrogens is 318 g/mol. The first kappa shape index (κ1) is 15.3. The summed E-state index contributed by atoms with van der Waals surface area (Å²) >= 11 is 10.7. The third kappa shape index (κ3) is 2.81. The second kappa shape index (κ2) is 6.63. The second-order valence-corrected chi connectivity index (χ2v) is 6.05. The Balaban J connectivity index is 2.15. The summed E-state index contributed by atoms with van der Waals surface area (Å²) in [5.74, 6) is 2.43. The van der Waals surface area contributed by atoms with Crippen LogP contribution in [-0.4, -0.2) is 18.7 Å². The molecule has 2 aromatic carbocycles. The third-order valence-corrected chi connectivity index (χ3v) is 4.64. The summed E-state index contributed by atoms with van der Waals surface area (Å²) in [6.45, 7) is 0.529. The van der Waals surface area contributed by atoms with Gasteiger partial charge in [0.05, 0.1) is 0 Å². The summed E-state index contributed by atoms with van der Waals surface area (Å²) in [5, 5.41) is 3.46. The van der Waals surface area contributed by atoms with Crippen molar-refractivity contribution in [3.05, 3.63) is 58.6 Å². The number of amides is 1. The molecular formula is C17H16ClNO2S. The van der Waals surface area contributed by atoms with Gasteiger partial charge in [-0.2, -0.15) is 12.6 Å². The summed E-state index contributed by atoms with van der Waals surface area (Å²) in [7, 11) is 0. The molecule has 1 heterocycles. The molecule has 1 aliphatic rings. The number of fused-ring (bicyclic) bond motifs is 2. The second-order valence-electron chi connectivity index (χ2n) is 5.24. The van der Waals surface area contributed by atoms with Gasteiger partial charge in [0.1, 0.15) is 11.5 Å². The molecule has 114 valence electrons. The Labute approximate surface area is 140 Å². The lowest BCUT2D eigenvalue weighted by atomic mass is 9.82. The van der Waals surface area contributed by atoms with Gasteiger partial charge < -0.3 is 10.1 Å². The van der Waals surface area contributed by atoms with Crippen molar-refractivity contribution in [2.45, 2.75) is 11.8 Å². The van der Waals surface area contributed by atoms with E-state index in [-0.39, 0.29) is 11.8 Å². The van der Waals surface area contributed by atoms with Crippen molar-refractivity contribution < 1.29 is 9.53 Å². The van der Waals surface area contributed by atoms with Gasteiger partial charge in [0.25, 0.3) is 0 Å². The van der Waals surface area contributed by atoms with Crippen molar-refractivity contribution in [3.63, 3.8) is 0 Å². The molecule has 0 saturated heterocycles. The number of para-hydroxylation sites is 1. The minimum Gasteiger partial charge on any atom is -0.457 e. The van der Waals surface area contributed by atoms with Gasteiger partial charge in [-0.3, -0.25) is 4.79 Å². The molecule has 0 fully saturated rings. The first-order valence-electron chi connectivity index (χ1n) is 7.08. The van der Waals surface area contributed by atoms with E-state index in [0.717, 1.165) is 29.0 Å². The summed E-state index contributed by atoms with van der Waals surface area (Å²) in [4.78, 5) is 10.8. The number of hydrogen-bond acceptors (Lipinski definition) is 3. The summed E-state index contributed by atoms with van der Waals surface area (Å²) in [6.07, 6.45) is 0.725. The lowest BCUT2D eigenvalue weighted by Gasteiger charge is -2.25. The molecule has 0 unspecified atom stereocenters. The quantitative estimate of drug-likeness (QED) is 0.656. The van der Waals surface area contributed by atoms with Crippen LogP contribution < -0.4 is 10.1 Å². The number of nitrogens with one attached hydrogen (secondary N) is 1. The first-order chi connectivity index (χ1) is 10.7. The highest BCUT2D eigenvalue weighted by atomic mass is 35.5. The number of benzene rings is 2. The van der Waals surface area contributed by atoms with Gasteiger partial charge in [-0.15, -0.1) is 0 Å². The Bertz CT molecular complexity index is 692. The molecule has 22 heavy (non-hydrogen) atoms. The Morgan fingerprint density at radius 2 is 1.91 bits per heavy atom. The lowest BCUT2D eigenvalue weighted by molar-refractivity contribution is -0.109. The Morgan fingerprint density at radius 3 is 2.68 bits per heavy atom. The molecule has 1 amide bonds. The fourth-order valence-corrected chi connectivity index (χ4v) is 3.62. The smallest absolute Gasteiger partial charge is 0.207 e. The average Bonchev–Trinajstić information content (AvgIpc) is 2.66. The number of carbonyl (C=O) groups excluding carboxylic acids is 1. The average molecular weight is 334 g/mol. The van der Waals surface area contributed by atoms with Crippen LogP contribution in [0, 0.1) is 0 Å². The van der Waals surface area contributed by atoms with Crippen LogP contribution in [-0.2, 0) is 4.79 Å². The highest BCUT2D eigenvalue weighted by molar-refractivity contribution is 7.80. The van der Waals surface area contributed by atoms with E-state index in [1.54, 1.807) is 0 Å². The van der Waals surface area contributed by atoms with Crippen LogP contribution in [0.1, 0.15) is 23.0 Å². The zero-order valence-corrected chi connectivity index (χ0v) is 13.5. The fourth-order valence-electron chi connectivity index (χ4n) is 2.99. The molecule has 0 aliphatic carbocycles. The number of hydrogen-bond donors (Lipinski definition) is 2. The number of halogens is 1. The number of ether oxygens (including phenoxy) is 1. The largest absolute Gasteiger partial charge is 0.457 e. The van der Waals surface area contributed by atoms with Crippen molar-refractivity contribution in [3.8, 4) is 11.5 Å². The third-order valence-electron chi connectivity index (χ3n) is 4.01. The van der Waals surface area contributed by atoms with Crippen LogP contribution in [0.5, 0.6) is 11.5 Å². The molecule has 1 aliphatic heterocycles. The maximum Gasteiger partial charge on any atom is 0.207 e. The maximum atomic E-state index is 10.8. The van der Waals surface area contributed by atoms with Gasteiger partial charge in [0.2, 0.25) is 6.41 Å². The zero-order valence-electron chi connectivity index (χ0n) is 11.8. The SMILES string of the molecule is O=CNC[C@@H]1c2ccccc2Oc2ccc(Cl)cc2[C@H]1CS. The number of thiol groups is 1. The molecule has 5 heteroatoms. The maximum absolute atomic E-state index is 10.8. The molecule has 2 aromatic rings. The van der Waals surface area contributed by atoms with Crippen LogP contribution in [0.15, 0.2) is 42.5 Å². The first-order valence-corrected chi connectivity index (χ1v) is 8.09. The van der Waals surface area contributed by atoms with Crippen molar-refractivity contribution >= 4 is 30.6 Å². The van der Waals surface area contributed by atoms with Crippen LogP contribution in [0.3, 0.4) is 0 Å². The molecule has 3 rings (SSSR count). The highest BCUT2D eigenvalue weighted by Crippen LogP contribution is 2.46. The van der Waals surface area contributed by atoms with Gasteiger partial charge in [0.15, 0.2) is 0 Å². The van der Waals surface area contributed by atoms with Crippen LogP contribution in [0.2, 0.25) is 5.02 Å². The molecule has 0 radical (unpaired) electrons. The van der Waals surface area contributed by atoms with Crippen molar-refractivity contribution in [2.75, 3.05) is 12.3 Å². The lowest BCUT2D eigenvalue weighted by Crippen LogP contribution is -2.25. The highest BCUT2D eigenvalue weighted by Gasteiger charge is 2.31. The van der Waals surface area contributed by atoms with E-state index in [4.69, 9.17) is 16.3 Å². The van der Waals surface area contributed by atoms with Gasteiger partial charge in [-0.05, 0) is 30.0 Å². The van der Waals surface area contributed by atoms with Gasteiger partial charge in [0, 0.05) is 34.5 Å². The van der Waals surface area contributed by atoms with Crippen molar-refractivity contribution in [1.29, 1.82) is 0 Å². The zero-order chi connectivity index (χ0) is 15.5. The van der Waals surface area contributed by atoms with E-state index < -0.39 is 0 Å². The molecule has 0 spiro atoms. The van der Waals surface area contributed by atoms with Gasteiger partial charge in [-0.1, -0.05) is 29.8 Å². The summed E-state index contributed by atoms with van der Waals surface area (Å²) < 4.78 is 6.09. The summed E-state index contributed by atoms with van der Waals surface area (Å²) in [6, 6.07) is 13.5. The molecule has 2 atom stereocenters. The molecule has 0 aromatic heterocycles. The minimum absolute atomic E-state index is 0.0821.